The lowest BCUT2D eigenvalue weighted by molar-refractivity contribution is -0.00637. The molecule has 1 heterocycles. The van der Waals surface area contributed by atoms with Crippen LogP contribution in [-0.4, -0.2) is 13.1 Å². The molecule has 2 aliphatic rings. The monoisotopic (exact) mass is 181 g/mol. The predicted molar refractivity (Wildman–Crippen MR) is 56.8 cm³/mol. The summed E-state index contributed by atoms with van der Waals surface area (Å²) >= 11 is 0. The van der Waals surface area contributed by atoms with Gasteiger partial charge < -0.3 is 5.32 Å². The van der Waals surface area contributed by atoms with Crippen LogP contribution in [0.15, 0.2) is 0 Å². The first-order valence-corrected chi connectivity index (χ1v) is 5.87. The molecule has 1 atom stereocenters. The molecule has 0 aromatic carbocycles. The van der Waals surface area contributed by atoms with Gasteiger partial charge in [0, 0.05) is 6.54 Å². The third kappa shape index (κ3) is 1.52. The SMILES string of the molecule is CC1(C)CCCCC12CCCNC2. The summed E-state index contributed by atoms with van der Waals surface area (Å²) in [6.07, 6.45) is 8.68. The number of hydrogen-bond donors (Lipinski definition) is 1. The molecule has 0 bridgehead atoms. The van der Waals surface area contributed by atoms with Crippen LogP contribution in [0.25, 0.3) is 0 Å². The van der Waals surface area contributed by atoms with Crippen molar-refractivity contribution in [2.45, 2.75) is 52.4 Å². The fourth-order valence-corrected chi connectivity index (χ4v) is 3.39. The van der Waals surface area contributed by atoms with Crippen molar-refractivity contribution in [3.63, 3.8) is 0 Å². The largest absolute Gasteiger partial charge is 0.316 e. The van der Waals surface area contributed by atoms with E-state index in [1.54, 1.807) is 0 Å². The molecule has 1 aliphatic carbocycles. The number of nitrogens with one attached hydrogen (secondary N) is 1. The average molecular weight is 181 g/mol. The van der Waals surface area contributed by atoms with E-state index < -0.39 is 0 Å². The standard InChI is InChI=1S/C12H23N/c1-11(2)6-3-4-7-12(11)8-5-9-13-10-12/h13H,3-10H2,1-2H3. The van der Waals surface area contributed by atoms with Crippen LogP contribution in [0.2, 0.25) is 0 Å². The smallest absolute Gasteiger partial charge is 0.00129 e. The first kappa shape index (κ1) is 9.51. The van der Waals surface area contributed by atoms with Crippen LogP contribution >= 0.6 is 0 Å². The highest BCUT2D eigenvalue weighted by atomic mass is 14.9. The van der Waals surface area contributed by atoms with E-state index in [9.17, 15) is 0 Å². The van der Waals surface area contributed by atoms with Crippen LogP contribution in [0.3, 0.4) is 0 Å². The van der Waals surface area contributed by atoms with E-state index in [0.29, 0.717) is 10.8 Å². The molecule has 76 valence electrons. The highest BCUT2D eigenvalue weighted by Crippen LogP contribution is 2.53. The molecular weight excluding hydrogens is 158 g/mol. The molecule has 1 spiro atoms. The summed E-state index contributed by atoms with van der Waals surface area (Å²) in [5, 5.41) is 3.60. The summed E-state index contributed by atoms with van der Waals surface area (Å²) in [7, 11) is 0. The van der Waals surface area contributed by atoms with Gasteiger partial charge in [-0.05, 0) is 43.1 Å². The summed E-state index contributed by atoms with van der Waals surface area (Å²) in [6, 6.07) is 0. The molecular formula is C12H23N. The summed E-state index contributed by atoms with van der Waals surface area (Å²) in [4.78, 5) is 0. The fraction of sp³-hybridized carbons (Fsp3) is 1.00. The Bertz CT molecular complexity index is 169. The highest BCUT2D eigenvalue weighted by molar-refractivity contribution is 4.98. The minimum absolute atomic E-state index is 0.582. The summed E-state index contributed by atoms with van der Waals surface area (Å²) < 4.78 is 0. The molecule has 1 aliphatic heterocycles. The van der Waals surface area contributed by atoms with Crippen LogP contribution in [0, 0.1) is 10.8 Å². The number of piperidine rings is 1. The lowest BCUT2D eigenvalue weighted by Crippen LogP contribution is -2.50. The molecule has 1 N–H and O–H groups in total. The minimum atomic E-state index is 0.582. The van der Waals surface area contributed by atoms with Gasteiger partial charge in [-0.1, -0.05) is 26.7 Å². The number of hydrogen-bond acceptors (Lipinski definition) is 1. The van der Waals surface area contributed by atoms with Gasteiger partial charge in [-0.3, -0.25) is 0 Å². The zero-order chi connectivity index (χ0) is 9.36. The Labute approximate surface area is 82.3 Å². The summed E-state index contributed by atoms with van der Waals surface area (Å²) in [6.45, 7) is 7.50. The van der Waals surface area contributed by atoms with Crippen molar-refractivity contribution in [1.82, 2.24) is 5.32 Å². The van der Waals surface area contributed by atoms with Gasteiger partial charge in [0.15, 0.2) is 0 Å². The van der Waals surface area contributed by atoms with Gasteiger partial charge in [-0.15, -0.1) is 0 Å². The Hall–Kier alpha value is -0.0400. The molecule has 13 heavy (non-hydrogen) atoms. The maximum atomic E-state index is 3.60. The molecule has 2 fully saturated rings. The van der Waals surface area contributed by atoms with E-state index >= 15 is 0 Å². The minimum Gasteiger partial charge on any atom is -0.316 e. The van der Waals surface area contributed by atoms with Crippen molar-refractivity contribution in [3.05, 3.63) is 0 Å². The molecule has 0 aromatic rings. The van der Waals surface area contributed by atoms with E-state index in [0.717, 1.165) is 0 Å². The van der Waals surface area contributed by atoms with Gasteiger partial charge in [-0.25, -0.2) is 0 Å². The van der Waals surface area contributed by atoms with E-state index in [1.807, 2.05) is 0 Å². The van der Waals surface area contributed by atoms with E-state index in [1.165, 1.54) is 51.6 Å². The Morgan fingerprint density at radius 2 is 1.62 bits per heavy atom. The molecule has 0 radical (unpaired) electrons. The number of rotatable bonds is 0. The average Bonchev–Trinajstić information content (AvgIpc) is 2.12. The third-order valence-electron chi connectivity index (χ3n) is 4.62. The Kier molecular flexibility index (Phi) is 2.39. The highest BCUT2D eigenvalue weighted by Gasteiger charge is 2.46. The quantitative estimate of drug-likeness (QED) is 0.606. The van der Waals surface area contributed by atoms with Crippen molar-refractivity contribution < 1.29 is 0 Å². The topological polar surface area (TPSA) is 12.0 Å². The van der Waals surface area contributed by atoms with Crippen molar-refractivity contribution in [2.75, 3.05) is 13.1 Å². The zero-order valence-electron chi connectivity index (χ0n) is 9.16. The maximum absolute atomic E-state index is 3.60. The Morgan fingerprint density at radius 3 is 2.23 bits per heavy atom. The van der Waals surface area contributed by atoms with Gasteiger partial charge in [-0.2, -0.15) is 0 Å². The molecule has 0 amide bonds. The van der Waals surface area contributed by atoms with E-state index in [-0.39, 0.29) is 0 Å². The maximum Gasteiger partial charge on any atom is 0.00129 e. The van der Waals surface area contributed by atoms with Gasteiger partial charge in [0.05, 0.1) is 0 Å². The first-order valence-electron chi connectivity index (χ1n) is 5.87. The molecule has 1 heteroatoms. The molecule has 2 rings (SSSR count). The lowest BCUT2D eigenvalue weighted by Gasteiger charge is -2.52. The van der Waals surface area contributed by atoms with Gasteiger partial charge in [0.2, 0.25) is 0 Å². The van der Waals surface area contributed by atoms with Crippen molar-refractivity contribution in [2.24, 2.45) is 10.8 Å². The molecule has 1 saturated carbocycles. The molecule has 1 unspecified atom stereocenters. The predicted octanol–water partition coefficient (Wildman–Crippen LogP) is 2.96. The van der Waals surface area contributed by atoms with Gasteiger partial charge in [0.1, 0.15) is 0 Å². The third-order valence-corrected chi connectivity index (χ3v) is 4.62. The Balaban J connectivity index is 2.16. The Morgan fingerprint density at radius 1 is 0.923 bits per heavy atom. The second-order valence-electron chi connectivity index (χ2n) is 5.65. The van der Waals surface area contributed by atoms with Crippen LogP contribution in [0.4, 0.5) is 0 Å². The fourth-order valence-electron chi connectivity index (χ4n) is 3.39. The first-order chi connectivity index (χ1) is 6.16. The van der Waals surface area contributed by atoms with Gasteiger partial charge in [0.25, 0.3) is 0 Å². The van der Waals surface area contributed by atoms with Crippen molar-refractivity contribution in [1.29, 1.82) is 0 Å². The summed E-state index contributed by atoms with van der Waals surface area (Å²) in [5.41, 5.74) is 1.22. The van der Waals surface area contributed by atoms with Gasteiger partial charge >= 0.3 is 0 Å². The van der Waals surface area contributed by atoms with Crippen molar-refractivity contribution in [3.8, 4) is 0 Å². The van der Waals surface area contributed by atoms with Crippen LogP contribution in [0.5, 0.6) is 0 Å². The molecule has 1 saturated heterocycles. The normalized spacial score (nSPS) is 39.2. The van der Waals surface area contributed by atoms with Crippen LogP contribution in [-0.2, 0) is 0 Å². The zero-order valence-corrected chi connectivity index (χ0v) is 9.16. The van der Waals surface area contributed by atoms with E-state index in [2.05, 4.69) is 19.2 Å². The van der Waals surface area contributed by atoms with Crippen molar-refractivity contribution >= 4 is 0 Å². The molecule has 1 nitrogen and oxygen atoms in total. The second kappa shape index (κ2) is 3.27. The lowest BCUT2D eigenvalue weighted by atomic mass is 9.55. The summed E-state index contributed by atoms with van der Waals surface area (Å²) in [5.74, 6) is 0. The van der Waals surface area contributed by atoms with E-state index in [4.69, 9.17) is 0 Å². The van der Waals surface area contributed by atoms with Crippen LogP contribution < -0.4 is 5.32 Å². The van der Waals surface area contributed by atoms with Crippen LogP contribution in [0.1, 0.15) is 52.4 Å². The second-order valence-corrected chi connectivity index (χ2v) is 5.65. The molecule has 0 aromatic heterocycles.